The molecule has 0 aliphatic heterocycles. The molecule has 1 rings (SSSR count). The van der Waals surface area contributed by atoms with Gasteiger partial charge in [0.25, 0.3) is 0 Å². The van der Waals surface area contributed by atoms with E-state index in [2.05, 4.69) is 0 Å². The Morgan fingerprint density at radius 3 is 2.29 bits per heavy atom. The first-order chi connectivity index (χ1) is 7.68. The van der Waals surface area contributed by atoms with Gasteiger partial charge in [-0.25, -0.2) is 0 Å². The molecule has 0 aliphatic rings. The monoisotopic (exact) mass is 246 g/mol. The first-order valence-electron chi connectivity index (χ1n) is 5.42. The third-order valence-electron chi connectivity index (χ3n) is 2.06. The first-order valence-corrected chi connectivity index (χ1v) is 5.42. The Labute approximate surface area is 99.6 Å². The van der Waals surface area contributed by atoms with Crippen LogP contribution in [0.5, 0.6) is 0 Å². The Morgan fingerprint density at radius 2 is 1.76 bits per heavy atom. The van der Waals surface area contributed by atoms with Gasteiger partial charge in [0.15, 0.2) is 0 Å². The topological polar surface area (TPSA) is 9.23 Å². The summed E-state index contributed by atoms with van der Waals surface area (Å²) in [6.45, 7) is 6.77. The van der Waals surface area contributed by atoms with E-state index < -0.39 is 11.7 Å². The Bertz CT molecular complexity index is 364. The van der Waals surface area contributed by atoms with E-state index in [4.69, 9.17) is 4.74 Å². The molecular weight excluding hydrogens is 229 g/mol. The van der Waals surface area contributed by atoms with Crippen LogP contribution in [0.25, 0.3) is 0 Å². The Morgan fingerprint density at radius 1 is 1.12 bits per heavy atom. The van der Waals surface area contributed by atoms with Gasteiger partial charge in [0.2, 0.25) is 0 Å². The van der Waals surface area contributed by atoms with E-state index in [-0.39, 0.29) is 12.0 Å². The zero-order valence-corrected chi connectivity index (χ0v) is 10.3. The summed E-state index contributed by atoms with van der Waals surface area (Å²) in [6.07, 6.45) is -4.29. The molecule has 0 spiro atoms. The minimum atomic E-state index is -4.29. The van der Waals surface area contributed by atoms with Gasteiger partial charge in [0.05, 0.1) is 18.8 Å². The SMILES string of the molecule is CC(C)(C)COCc1cccc(C(F)(F)F)c1. The van der Waals surface area contributed by atoms with E-state index in [9.17, 15) is 13.2 Å². The van der Waals surface area contributed by atoms with Crippen molar-refractivity contribution in [3.8, 4) is 0 Å². The summed E-state index contributed by atoms with van der Waals surface area (Å²) in [5, 5.41) is 0. The quantitative estimate of drug-likeness (QED) is 0.774. The van der Waals surface area contributed by atoms with Gasteiger partial charge in [-0.3, -0.25) is 0 Å². The molecule has 0 radical (unpaired) electrons. The normalized spacial score (nSPS) is 12.8. The van der Waals surface area contributed by atoms with Crippen molar-refractivity contribution in [2.24, 2.45) is 5.41 Å². The highest BCUT2D eigenvalue weighted by Crippen LogP contribution is 2.29. The molecule has 0 N–H and O–H groups in total. The van der Waals surface area contributed by atoms with Crippen LogP contribution in [0.1, 0.15) is 31.9 Å². The fraction of sp³-hybridized carbons (Fsp3) is 0.538. The van der Waals surface area contributed by atoms with Crippen LogP contribution in [-0.2, 0) is 17.5 Å². The predicted molar refractivity (Wildman–Crippen MR) is 60.6 cm³/mol. The minimum absolute atomic E-state index is 0.0155. The molecule has 0 saturated heterocycles. The highest BCUT2D eigenvalue weighted by molar-refractivity contribution is 5.25. The van der Waals surface area contributed by atoms with Crippen molar-refractivity contribution in [2.75, 3.05) is 6.61 Å². The third kappa shape index (κ3) is 5.22. The molecule has 0 aromatic heterocycles. The van der Waals surface area contributed by atoms with Crippen LogP contribution in [0.2, 0.25) is 0 Å². The molecule has 0 atom stereocenters. The summed E-state index contributed by atoms with van der Waals surface area (Å²) in [7, 11) is 0. The van der Waals surface area contributed by atoms with E-state index in [1.807, 2.05) is 20.8 Å². The van der Waals surface area contributed by atoms with Crippen molar-refractivity contribution in [2.45, 2.75) is 33.6 Å². The van der Waals surface area contributed by atoms with Crippen molar-refractivity contribution in [1.29, 1.82) is 0 Å². The zero-order chi connectivity index (χ0) is 13.1. The van der Waals surface area contributed by atoms with Gasteiger partial charge in [-0.05, 0) is 23.1 Å². The van der Waals surface area contributed by atoms with E-state index in [1.165, 1.54) is 6.07 Å². The molecule has 1 aromatic carbocycles. The maximum Gasteiger partial charge on any atom is 0.416 e. The van der Waals surface area contributed by atoms with Crippen LogP contribution in [0.15, 0.2) is 24.3 Å². The summed E-state index contributed by atoms with van der Waals surface area (Å²) in [5.74, 6) is 0. The minimum Gasteiger partial charge on any atom is -0.376 e. The lowest BCUT2D eigenvalue weighted by Gasteiger charge is -2.18. The third-order valence-corrected chi connectivity index (χ3v) is 2.06. The van der Waals surface area contributed by atoms with Gasteiger partial charge in [0.1, 0.15) is 0 Å². The molecule has 4 heteroatoms. The molecule has 0 heterocycles. The number of halogens is 3. The second-order valence-electron chi connectivity index (χ2n) is 5.25. The molecule has 1 aromatic rings. The number of hydrogen-bond acceptors (Lipinski definition) is 1. The molecule has 17 heavy (non-hydrogen) atoms. The Kier molecular flexibility index (Phi) is 4.20. The van der Waals surface area contributed by atoms with Crippen LogP contribution in [0, 0.1) is 5.41 Å². The van der Waals surface area contributed by atoms with Gasteiger partial charge in [-0.2, -0.15) is 13.2 Å². The van der Waals surface area contributed by atoms with E-state index in [1.54, 1.807) is 6.07 Å². The van der Waals surface area contributed by atoms with Crippen LogP contribution in [0.3, 0.4) is 0 Å². The molecule has 0 aliphatic carbocycles. The van der Waals surface area contributed by atoms with Crippen LogP contribution < -0.4 is 0 Å². The zero-order valence-electron chi connectivity index (χ0n) is 10.3. The van der Waals surface area contributed by atoms with E-state index >= 15 is 0 Å². The maximum atomic E-state index is 12.4. The summed E-state index contributed by atoms with van der Waals surface area (Å²) in [6, 6.07) is 5.23. The largest absolute Gasteiger partial charge is 0.416 e. The molecule has 0 saturated carbocycles. The van der Waals surface area contributed by atoms with Crippen LogP contribution >= 0.6 is 0 Å². The average Bonchev–Trinajstić information content (AvgIpc) is 2.15. The fourth-order valence-electron chi connectivity index (χ4n) is 1.31. The first kappa shape index (κ1) is 14.0. The predicted octanol–water partition coefficient (Wildman–Crippen LogP) is 4.27. The summed E-state index contributed by atoms with van der Waals surface area (Å²) < 4.78 is 42.7. The van der Waals surface area contributed by atoms with Crippen LogP contribution in [-0.4, -0.2) is 6.61 Å². The molecule has 0 amide bonds. The number of benzene rings is 1. The van der Waals surface area contributed by atoms with Crippen molar-refractivity contribution < 1.29 is 17.9 Å². The molecule has 0 unspecified atom stereocenters. The van der Waals surface area contributed by atoms with Gasteiger partial charge >= 0.3 is 6.18 Å². The van der Waals surface area contributed by atoms with Crippen molar-refractivity contribution in [1.82, 2.24) is 0 Å². The van der Waals surface area contributed by atoms with Gasteiger partial charge in [-0.15, -0.1) is 0 Å². The lowest BCUT2D eigenvalue weighted by Crippen LogP contribution is -2.14. The van der Waals surface area contributed by atoms with Gasteiger partial charge < -0.3 is 4.74 Å². The Balaban J connectivity index is 2.61. The van der Waals surface area contributed by atoms with E-state index in [0.29, 0.717) is 12.2 Å². The van der Waals surface area contributed by atoms with Crippen molar-refractivity contribution in [3.05, 3.63) is 35.4 Å². The number of ether oxygens (including phenoxy) is 1. The second-order valence-corrected chi connectivity index (χ2v) is 5.25. The highest BCUT2D eigenvalue weighted by atomic mass is 19.4. The summed E-state index contributed by atoms with van der Waals surface area (Å²) >= 11 is 0. The molecule has 0 fully saturated rings. The average molecular weight is 246 g/mol. The van der Waals surface area contributed by atoms with Gasteiger partial charge in [0, 0.05) is 0 Å². The standard InChI is InChI=1S/C13H17F3O/c1-12(2,3)9-17-8-10-5-4-6-11(7-10)13(14,15)16/h4-7H,8-9H2,1-3H3. The second kappa shape index (κ2) is 5.08. The highest BCUT2D eigenvalue weighted by Gasteiger charge is 2.30. The molecule has 1 nitrogen and oxygen atoms in total. The number of rotatable bonds is 3. The Hall–Kier alpha value is -1.03. The number of alkyl halides is 3. The maximum absolute atomic E-state index is 12.4. The summed E-state index contributed by atoms with van der Waals surface area (Å²) in [4.78, 5) is 0. The van der Waals surface area contributed by atoms with Crippen molar-refractivity contribution >= 4 is 0 Å². The lowest BCUT2D eigenvalue weighted by molar-refractivity contribution is -0.137. The molecule has 96 valence electrons. The lowest BCUT2D eigenvalue weighted by atomic mass is 9.99. The van der Waals surface area contributed by atoms with Crippen molar-refractivity contribution in [3.63, 3.8) is 0 Å². The molecular formula is C13H17F3O. The van der Waals surface area contributed by atoms with E-state index in [0.717, 1.165) is 12.1 Å². The number of hydrogen-bond donors (Lipinski definition) is 0. The van der Waals surface area contributed by atoms with Crippen LogP contribution in [0.4, 0.5) is 13.2 Å². The smallest absolute Gasteiger partial charge is 0.376 e. The summed E-state index contributed by atoms with van der Waals surface area (Å²) in [5.41, 5.74) is -0.0693. The van der Waals surface area contributed by atoms with Gasteiger partial charge in [-0.1, -0.05) is 32.9 Å². The fourth-order valence-corrected chi connectivity index (χ4v) is 1.31. The molecule has 0 bridgehead atoms.